The molecule has 2 rings (SSSR count). The van der Waals surface area contributed by atoms with Crippen molar-refractivity contribution >= 4 is 40.4 Å². The summed E-state index contributed by atoms with van der Waals surface area (Å²) in [6, 6.07) is 2.86. The molecule has 0 saturated carbocycles. The van der Waals surface area contributed by atoms with Crippen molar-refractivity contribution in [1.82, 2.24) is 9.55 Å². The molecular formula is C12H12ClFN2O2S. The van der Waals surface area contributed by atoms with E-state index in [1.807, 2.05) is 18.4 Å². The van der Waals surface area contributed by atoms with Crippen LogP contribution in [0.2, 0.25) is 5.02 Å². The second-order valence-corrected chi connectivity index (χ2v) is 5.65. The molecular weight excluding hydrogens is 291 g/mol. The Morgan fingerprint density at radius 3 is 2.84 bits per heavy atom. The summed E-state index contributed by atoms with van der Waals surface area (Å²) < 4.78 is 15.3. The number of rotatable bonds is 4. The van der Waals surface area contributed by atoms with Gasteiger partial charge < -0.3 is 9.67 Å². The van der Waals surface area contributed by atoms with Gasteiger partial charge in [-0.2, -0.15) is 0 Å². The van der Waals surface area contributed by atoms with E-state index in [4.69, 9.17) is 16.7 Å². The number of thioether (sulfide) groups is 1. The largest absolute Gasteiger partial charge is 0.481 e. The predicted molar refractivity (Wildman–Crippen MR) is 73.4 cm³/mol. The van der Waals surface area contributed by atoms with Gasteiger partial charge >= 0.3 is 5.97 Å². The molecule has 1 N–H and O–H groups in total. The molecule has 2 aromatic rings. The Bertz CT molecular complexity index is 642. The van der Waals surface area contributed by atoms with Crippen LogP contribution >= 0.6 is 23.4 Å². The Labute approximate surface area is 118 Å². The second-order valence-electron chi connectivity index (χ2n) is 4.30. The van der Waals surface area contributed by atoms with Crippen LogP contribution < -0.4 is 0 Å². The van der Waals surface area contributed by atoms with E-state index in [0.29, 0.717) is 16.2 Å². The molecule has 1 aromatic heterocycles. The van der Waals surface area contributed by atoms with Gasteiger partial charge in [-0.05, 0) is 19.9 Å². The van der Waals surface area contributed by atoms with Crippen molar-refractivity contribution in [3.05, 3.63) is 23.0 Å². The van der Waals surface area contributed by atoms with Crippen LogP contribution in [0.4, 0.5) is 4.39 Å². The Balaban J connectivity index is 2.56. The lowest BCUT2D eigenvalue weighted by Gasteiger charge is -2.12. The van der Waals surface area contributed by atoms with Crippen LogP contribution in [0.15, 0.2) is 17.3 Å². The molecule has 0 unspecified atom stereocenters. The van der Waals surface area contributed by atoms with E-state index >= 15 is 0 Å². The number of fused-ring (bicyclic) bond motifs is 1. The van der Waals surface area contributed by atoms with E-state index in [0.717, 1.165) is 11.8 Å². The van der Waals surface area contributed by atoms with Crippen molar-refractivity contribution in [3.8, 4) is 0 Å². The molecule has 0 amide bonds. The zero-order chi connectivity index (χ0) is 14.2. The fraction of sp³-hybridized carbons (Fsp3) is 0.333. The fourth-order valence-electron chi connectivity index (χ4n) is 1.80. The van der Waals surface area contributed by atoms with Crippen molar-refractivity contribution in [2.75, 3.05) is 5.75 Å². The maximum Gasteiger partial charge on any atom is 0.313 e. The Morgan fingerprint density at radius 1 is 1.58 bits per heavy atom. The number of imidazole rings is 1. The van der Waals surface area contributed by atoms with E-state index < -0.39 is 11.8 Å². The van der Waals surface area contributed by atoms with Crippen molar-refractivity contribution in [1.29, 1.82) is 0 Å². The molecule has 0 radical (unpaired) electrons. The Kier molecular flexibility index (Phi) is 4.01. The number of aromatic nitrogens is 2. The smallest absolute Gasteiger partial charge is 0.313 e. The van der Waals surface area contributed by atoms with Gasteiger partial charge in [0.25, 0.3) is 0 Å². The average molecular weight is 303 g/mol. The molecule has 4 nitrogen and oxygen atoms in total. The number of hydrogen-bond acceptors (Lipinski definition) is 3. The standard InChI is InChI=1S/C12H12ClFN2O2S/c1-6(2)16-10-3-7(13)8(14)4-9(10)15-12(16)19-5-11(17)18/h3-4,6H,5H2,1-2H3,(H,17,18). The van der Waals surface area contributed by atoms with Crippen LogP contribution in [-0.4, -0.2) is 26.4 Å². The molecule has 0 aliphatic rings. The van der Waals surface area contributed by atoms with E-state index in [9.17, 15) is 9.18 Å². The van der Waals surface area contributed by atoms with E-state index in [1.54, 1.807) is 0 Å². The van der Waals surface area contributed by atoms with Crippen molar-refractivity contribution < 1.29 is 14.3 Å². The van der Waals surface area contributed by atoms with Gasteiger partial charge in [0.05, 0.1) is 21.8 Å². The van der Waals surface area contributed by atoms with Crippen molar-refractivity contribution in [3.63, 3.8) is 0 Å². The summed E-state index contributed by atoms with van der Waals surface area (Å²) in [6.07, 6.45) is 0. The van der Waals surface area contributed by atoms with Crippen molar-refractivity contribution in [2.24, 2.45) is 0 Å². The minimum Gasteiger partial charge on any atom is -0.481 e. The molecule has 0 fully saturated rings. The summed E-state index contributed by atoms with van der Waals surface area (Å²) >= 11 is 6.89. The average Bonchev–Trinajstić information content (AvgIpc) is 2.64. The van der Waals surface area contributed by atoms with Gasteiger partial charge in [0.1, 0.15) is 5.82 Å². The van der Waals surface area contributed by atoms with Crippen LogP contribution in [0.5, 0.6) is 0 Å². The van der Waals surface area contributed by atoms with Crippen LogP contribution in [0.3, 0.4) is 0 Å². The van der Waals surface area contributed by atoms with E-state index in [2.05, 4.69) is 4.98 Å². The topological polar surface area (TPSA) is 55.1 Å². The highest BCUT2D eigenvalue weighted by Gasteiger charge is 2.16. The molecule has 1 aromatic carbocycles. The lowest BCUT2D eigenvalue weighted by Crippen LogP contribution is -2.05. The number of hydrogen-bond donors (Lipinski definition) is 1. The first kappa shape index (κ1) is 14.1. The SMILES string of the molecule is CC(C)n1c(SCC(=O)O)nc2cc(F)c(Cl)cc21. The fourth-order valence-corrected chi connectivity index (χ4v) is 2.82. The summed E-state index contributed by atoms with van der Waals surface area (Å²) in [5.41, 5.74) is 1.18. The molecule has 0 aliphatic carbocycles. The minimum atomic E-state index is -0.920. The molecule has 0 atom stereocenters. The highest BCUT2D eigenvalue weighted by atomic mass is 35.5. The van der Waals surface area contributed by atoms with E-state index in [1.165, 1.54) is 12.1 Å². The van der Waals surface area contributed by atoms with Crippen LogP contribution in [-0.2, 0) is 4.79 Å². The summed E-state index contributed by atoms with van der Waals surface area (Å²) in [4.78, 5) is 14.9. The normalized spacial score (nSPS) is 11.4. The summed E-state index contributed by atoms with van der Waals surface area (Å²) in [7, 11) is 0. The monoisotopic (exact) mass is 302 g/mol. The number of carboxylic acid groups (broad SMARTS) is 1. The quantitative estimate of drug-likeness (QED) is 0.877. The summed E-state index contributed by atoms with van der Waals surface area (Å²) in [6.45, 7) is 3.90. The first-order chi connectivity index (χ1) is 8.90. The minimum absolute atomic E-state index is 0.0316. The number of benzene rings is 1. The molecule has 0 bridgehead atoms. The molecule has 0 aliphatic heterocycles. The van der Waals surface area contributed by atoms with Gasteiger partial charge in [-0.25, -0.2) is 9.37 Å². The van der Waals surface area contributed by atoms with Gasteiger partial charge in [-0.15, -0.1) is 0 Å². The molecule has 7 heteroatoms. The molecule has 19 heavy (non-hydrogen) atoms. The lowest BCUT2D eigenvalue weighted by atomic mass is 10.3. The second kappa shape index (κ2) is 5.38. The van der Waals surface area contributed by atoms with Gasteiger partial charge in [0.15, 0.2) is 5.16 Å². The van der Waals surface area contributed by atoms with Crippen molar-refractivity contribution in [2.45, 2.75) is 25.0 Å². The highest BCUT2D eigenvalue weighted by molar-refractivity contribution is 7.99. The van der Waals surface area contributed by atoms with Crippen LogP contribution in [0.25, 0.3) is 11.0 Å². The molecule has 0 saturated heterocycles. The lowest BCUT2D eigenvalue weighted by molar-refractivity contribution is -0.133. The first-order valence-corrected chi connectivity index (χ1v) is 6.98. The maximum atomic E-state index is 13.4. The Morgan fingerprint density at radius 2 is 2.26 bits per heavy atom. The zero-order valence-corrected chi connectivity index (χ0v) is 11.9. The molecule has 0 spiro atoms. The Hall–Kier alpha value is -1.27. The number of carboxylic acids is 1. The van der Waals surface area contributed by atoms with Crippen LogP contribution in [0.1, 0.15) is 19.9 Å². The molecule has 102 valence electrons. The third-order valence-electron chi connectivity index (χ3n) is 2.54. The van der Waals surface area contributed by atoms with Gasteiger partial charge in [-0.1, -0.05) is 23.4 Å². The first-order valence-electron chi connectivity index (χ1n) is 5.61. The van der Waals surface area contributed by atoms with Gasteiger partial charge in [-0.3, -0.25) is 4.79 Å². The zero-order valence-electron chi connectivity index (χ0n) is 10.4. The number of aliphatic carboxylic acids is 1. The summed E-state index contributed by atoms with van der Waals surface area (Å²) in [5.74, 6) is -1.54. The maximum absolute atomic E-state index is 13.4. The number of carbonyl (C=O) groups is 1. The third-order valence-corrected chi connectivity index (χ3v) is 3.77. The number of halogens is 2. The van der Waals surface area contributed by atoms with E-state index in [-0.39, 0.29) is 16.8 Å². The van der Waals surface area contributed by atoms with Gasteiger partial charge in [0.2, 0.25) is 0 Å². The highest BCUT2D eigenvalue weighted by Crippen LogP contribution is 2.30. The number of nitrogens with zero attached hydrogens (tertiary/aromatic N) is 2. The third kappa shape index (κ3) is 2.84. The summed E-state index contributed by atoms with van der Waals surface area (Å²) in [5, 5.41) is 9.31. The van der Waals surface area contributed by atoms with Crippen LogP contribution in [0, 0.1) is 5.82 Å². The van der Waals surface area contributed by atoms with Gasteiger partial charge in [0, 0.05) is 12.1 Å². The predicted octanol–water partition coefficient (Wildman–Crippen LogP) is 3.59. The molecule has 1 heterocycles.